The molecule has 3 heterocycles. The van der Waals surface area contributed by atoms with Gasteiger partial charge in [0.15, 0.2) is 0 Å². The molecule has 0 amide bonds. The molecule has 90 valence electrons. The summed E-state index contributed by atoms with van der Waals surface area (Å²) < 4.78 is 0. The second kappa shape index (κ2) is 4.41. The van der Waals surface area contributed by atoms with Gasteiger partial charge in [-0.05, 0) is 38.0 Å². The van der Waals surface area contributed by atoms with E-state index < -0.39 is 0 Å². The molecule has 2 aromatic rings. The van der Waals surface area contributed by atoms with Crippen LogP contribution in [0, 0.1) is 13.8 Å². The van der Waals surface area contributed by atoms with Crippen molar-refractivity contribution in [2.75, 3.05) is 5.75 Å². The molecule has 1 saturated heterocycles. The van der Waals surface area contributed by atoms with Gasteiger partial charge in [-0.2, -0.15) is 11.8 Å². The third kappa shape index (κ3) is 1.96. The molecule has 2 aromatic heterocycles. The number of aromatic nitrogens is 2. The highest BCUT2D eigenvalue weighted by molar-refractivity contribution is 7.99. The van der Waals surface area contributed by atoms with Crippen molar-refractivity contribution < 1.29 is 0 Å². The standard InChI is InChI=1S/C12H13ClN2S2/c1-6-7(2)17-12-9(6)10(13)14-11(15-12)8-4-3-5-16-8/h8H,3-5H2,1-2H3. The summed E-state index contributed by atoms with van der Waals surface area (Å²) in [6, 6.07) is 0. The fraction of sp³-hybridized carbons (Fsp3) is 0.500. The Kier molecular flexibility index (Phi) is 3.05. The van der Waals surface area contributed by atoms with Crippen LogP contribution in [0.5, 0.6) is 0 Å². The molecule has 2 nitrogen and oxygen atoms in total. The summed E-state index contributed by atoms with van der Waals surface area (Å²) in [7, 11) is 0. The summed E-state index contributed by atoms with van der Waals surface area (Å²) in [5.74, 6) is 2.14. The Morgan fingerprint density at radius 2 is 2.12 bits per heavy atom. The van der Waals surface area contributed by atoms with Gasteiger partial charge in [-0.3, -0.25) is 0 Å². The van der Waals surface area contributed by atoms with Gasteiger partial charge in [0.25, 0.3) is 0 Å². The Morgan fingerprint density at radius 3 is 2.82 bits per heavy atom. The molecular formula is C12H13ClN2S2. The van der Waals surface area contributed by atoms with Crippen molar-refractivity contribution in [2.24, 2.45) is 0 Å². The number of rotatable bonds is 1. The zero-order chi connectivity index (χ0) is 12.0. The number of thiophene rings is 1. The van der Waals surface area contributed by atoms with Crippen molar-refractivity contribution in [1.82, 2.24) is 9.97 Å². The average molecular weight is 285 g/mol. The fourth-order valence-electron chi connectivity index (χ4n) is 2.14. The number of fused-ring (bicyclic) bond motifs is 1. The first-order valence-electron chi connectivity index (χ1n) is 5.71. The van der Waals surface area contributed by atoms with E-state index in [4.69, 9.17) is 16.6 Å². The molecule has 0 bridgehead atoms. The maximum absolute atomic E-state index is 6.31. The smallest absolute Gasteiger partial charge is 0.144 e. The maximum atomic E-state index is 6.31. The Balaban J connectivity index is 2.16. The zero-order valence-corrected chi connectivity index (χ0v) is 12.2. The normalized spacial score (nSPS) is 20.3. The van der Waals surface area contributed by atoms with Crippen molar-refractivity contribution in [3.63, 3.8) is 0 Å². The number of aryl methyl sites for hydroxylation is 2. The van der Waals surface area contributed by atoms with Gasteiger partial charge < -0.3 is 0 Å². The molecule has 1 atom stereocenters. The van der Waals surface area contributed by atoms with Gasteiger partial charge in [0.05, 0.1) is 10.6 Å². The molecule has 1 aliphatic rings. The molecular weight excluding hydrogens is 272 g/mol. The minimum Gasteiger partial charge on any atom is -0.221 e. The van der Waals surface area contributed by atoms with E-state index in [0.717, 1.165) is 16.0 Å². The highest BCUT2D eigenvalue weighted by atomic mass is 35.5. The molecule has 0 aliphatic carbocycles. The van der Waals surface area contributed by atoms with Crippen molar-refractivity contribution in [3.05, 3.63) is 21.4 Å². The first kappa shape index (κ1) is 11.8. The lowest BCUT2D eigenvalue weighted by molar-refractivity contribution is 0.783. The molecule has 0 radical (unpaired) electrons. The van der Waals surface area contributed by atoms with E-state index in [1.165, 1.54) is 29.0 Å². The van der Waals surface area contributed by atoms with Gasteiger partial charge in [-0.25, -0.2) is 9.97 Å². The van der Waals surface area contributed by atoms with Crippen molar-refractivity contribution in [1.29, 1.82) is 0 Å². The first-order valence-corrected chi connectivity index (χ1v) is 7.96. The molecule has 17 heavy (non-hydrogen) atoms. The summed E-state index contributed by atoms with van der Waals surface area (Å²) in [6.07, 6.45) is 2.44. The van der Waals surface area contributed by atoms with Gasteiger partial charge in [-0.15, -0.1) is 11.3 Å². The summed E-state index contributed by atoms with van der Waals surface area (Å²) in [4.78, 5) is 11.5. The van der Waals surface area contributed by atoms with Crippen LogP contribution in [0.3, 0.4) is 0 Å². The molecule has 1 unspecified atom stereocenters. The van der Waals surface area contributed by atoms with E-state index in [2.05, 4.69) is 18.8 Å². The number of hydrogen-bond donors (Lipinski definition) is 0. The molecule has 1 aliphatic heterocycles. The predicted octanol–water partition coefficient (Wildman–Crippen LogP) is 4.53. The van der Waals surface area contributed by atoms with Gasteiger partial charge in [0.1, 0.15) is 15.8 Å². The SMILES string of the molecule is Cc1sc2nc(C3CCCS3)nc(Cl)c2c1C. The van der Waals surface area contributed by atoms with Crippen LogP contribution < -0.4 is 0 Å². The maximum Gasteiger partial charge on any atom is 0.144 e. The second-order valence-corrected chi connectivity index (χ2v) is 7.21. The Labute approximate surface area is 114 Å². The average Bonchev–Trinajstić information content (AvgIpc) is 2.88. The zero-order valence-electron chi connectivity index (χ0n) is 9.79. The van der Waals surface area contributed by atoms with Crippen LogP contribution in [0.4, 0.5) is 0 Å². The summed E-state index contributed by atoms with van der Waals surface area (Å²) in [6.45, 7) is 4.20. The highest BCUT2D eigenvalue weighted by Gasteiger charge is 2.22. The van der Waals surface area contributed by atoms with Crippen LogP contribution in [0.25, 0.3) is 10.2 Å². The number of halogens is 1. The lowest BCUT2D eigenvalue weighted by atomic mass is 10.2. The summed E-state index contributed by atoms with van der Waals surface area (Å²) >= 11 is 9.97. The third-order valence-electron chi connectivity index (χ3n) is 3.22. The van der Waals surface area contributed by atoms with E-state index in [0.29, 0.717) is 10.4 Å². The van der Waals surface area contributed by atoms with Crippen molar-refractivity contribution in [3.8, 4) is 0 Å². The lowest BCUT2D eigenvalue weighted by Crippen LogP contribution is -1.98. The van der Waals surface area contributed by atoms with E-state index >= 15 is 0 Å². The van der Waals surface area contributed by atoms with E-state index in [1.54, 1.807) is 11.3 Å². The quantitative estimate of drug-likeness (QED) is 0.720. The topological polar surface area (TPSA) is 25.8 Å². The predicted molar refractivity (Wildman–Crippen MR) is 76.3 cm³/mol. The van der Waals surface area contributed by atoms with Crippen LogP contribution >= 0.6 is 34.7 Å². The van der Waals surface area contributed by atoms with Gasteiger partial charge in [0, 0.05) is 4.88 Å². The Bertz CT molecular complexity index is 573. The van der Waals surface area contributed by atoms with Gasteiger partial charge >= 0.3 is 0 Å². The molecule has 0 N–H and O–H groups in total. The van der Waals surface area contributed by atoms with Crippen molar-refractivity contribution >= 4 is 44.9 Å². The van der Waals surface area contributed by atoms with Gasteiger partial charge in [-0.1, -0.05) is 11.6 Å². The molecule has 3 rings (SSSR count). The van der Waals surface area contributed by atoms with E-state index in [9.17, 15) is 0 Å². The second-order valence-electron chi connectivity index (χ2n) is 4.34. The van der Waals surface area contributed by atoms with Crippen LogP contribution in [-0.4, -0.2) is 15.7 Å². The van der Waals surface area contributed by atoms with E-state index in [1.807, 2.05) is 11.8 Å². The Hall–Kier alpha value is -0.320. The van der Waals surface area contributed by atoms with Crippen LogP contribution in [0.1, 0.15) is 34.4 Å². The molecule has 0 aromatic carbocycles. The van der Waals surface area contributed by atoms with E-state index in [-0.39, 0.29) is 0 Å². The van der Waals surface area contributed by atoms with Crippen LogP contribution in [0.2, 0.25) is 5.15 Å². The first-order chi connectivity index (χ1) is 8.16. The van der Waals surface area contributed by atoms with Gasteiger partial charge in [0.2, 0.25) is 0 Å². The molecule has 5 heteroatoms. The highest BCUT2D eigenvalue weighted by Crippen LogP contribution is 2.41. The number of hydrogen-bond acceptors (Lipinski definition) is 4. The minimum absolute atomic E-state index is 0.444. The molecule has 1 fully saturated rings. The Morgan fingerprint density at radius 1 is 1.29 bits per heavy atom. The van der Waals surface area contributed by atoms with Crippen molar-refractivity contribution in [2.45, 2.75) is 31.9 Å². The van der Waals surface area contributed by atoms with Crippen LogP contribution in [0.15, 0.2) is 0 Å². The monoisotopic (exact) mass is 284 g/mol. The van der Waals surface area contributed by atoms with Crippen LogP contribution in [-0.2, 0) is 0 Å². The number of thioether (sulfide) groups is 1. The fourth-order valence-corrected chi connectivity index (χ4v) is 4.76. The third-order valence-corrected chi connectivity index (χ3v) is 5.97. The minimum atomic E-state index is 0.444. The molecule has 0 spiro atoms. The summed E-state index contributed by atoms with van der Waals surface area (Å²) in [5.41, 5.74) is 1.22. The largest absolute Gasteiger partial charge is 0.221 e. The molecule has 0 saturated carbocycles. The lowest BCUT2D eigenvalue weighted by Gasteiger charge is -2.07. The summed E-state index contributed by atoms with van der Waals surface area (Å²) in [5, 5.41) is 2.11. The number of nitrogens with zero attached hydrogens (tertiary/aromatic N) is 2.